The van der Waals surface area contributed by atoms with Crippen molar-refractivity contribution in [2.24, 2.45) is 0 Å². The van der Waals surface area contributed by atoms with Gasteiger partial charge in [-0.15, -0.1) is 0 Å². The fraction of sp³-hybridized carbons (Fsp3) is 0.286. The molecule has 0 rings (SSSR count). The van der Waals surface area contributed by atoms with Crippen molar-refractivity contribution in [3.8, 4) is 0 Å². The zero-order valence-electron chi connectivity index (χ0n) is 5.42. The fourth-order valence-corrected chi connectivity index (χ4v) is 0.361. The highest BCUT2D eigenvalue weighted by molar-refractivity contribution is 5.79. The van der Waals surface area contributed by atoms with E-state index >= 15 is 0 Å². The molecule has 0 unspecified atom stereocenters. The first-order valence-electron chi connectivity index (χ1n) is 2.67. The van der Waals surface area contributed by atoms with E-state index in [4.69, 9.17) is 5.11 Å². The molecule has 0 saturated heterocycles. The van der Waals surface area contributed by atoms with Gasteiger partial charge in [-0.1, -0.05) is 18.2 Å². The normalized spacial score (nSPS) is 9.89. The Hall–Kier alpha value is -1.05. The molecule has 0 amide bonds. The Morgan fingerprint density at radius 2 is 2.33 bits per heavy atom. The van der Waals surface area contributed by atoms with Crippen molar-refractivity contribution in [2.45, 2.75) is 13.3 Å². The highest BCUT2D eigenvalue weighted by Crippen LogP contribution is 1.94. The van der Waals surface area contributed by atoms with Gasteiger partial charge >= 0.3 is 5.97 Å². The van der Waals surface area contributed by atoms with Gasteiger partial charge in [0.25, 0.3) is 0 Å². The maximum Gasteiger partial charge on any atom is 0.327 e. The molecule has 2 heteroatoms. The molecule has 0 atom stereocenters. The van der Waals surface area contributed by atoms with E-state index in [9.17, 15) is 4.79 Å². The Balaban J connectivity index is 3.48. The summed E-state index contributed by atoms with van der Waals surface area (Å²) in [4.78, 5) is 9.86. The van der Waals surface area contributed by atoms with Gasteiger partial charge in [0, 0.05) is 6.08 Å². The molecule has 0 fully saturated rings. The van der Waals surface area contributed by atoms with Gasteiger partial charge < -0.3 is 5.11 Å². The molecule has 0 saturated carbocycles. The number of carboxylic acids is 1. The minimum atomic E-state index is -0.906. The topological polar surface area (TPSA) is 37.3 Å². The Bertz CT molecular complexity index is 145. The average Bonchev–Trinajstić information content (AvgIpc) is 1.63. The molecule has 50 valence electrons. The monoisotopic (exact) mass is 126 g/mol. The Labute approximate surface area is 54.5 Å². The summed E-state index contributed by atoms with van der Waals surface area (Å²) in [7, 11) is 0. The largest absolute Gasteiger partial charge is 0.478 e. The van der Waals surface area contributed by atoms with Crippen LogP contribution in [0.15, 0.2) is 24.3 Å². The van der Waals surface area contributed by atoms with Crippen LogP contribution >= 0.6 is 0 Å². The fourth-order valence-electron chi connectivity index (χ4n) is 0.361. The van der Waals surface area contributed by atoms with Crippen LogP contribution in [0.3, 0.4) is 0 Å². The van der Waals surface area contributed by atoms with E-state index in [1.807, 2.05) is 6.92 Å². The maximum absolute atomic E-state index is 9.86. The third-order valence-electron chi connectivity index (χ3n) is 0.727. The molecule has 0 aliphatic heterocycles. The van der Waals surface area contributed by atoms with Gasteiger partial charge in [-0.05, 0) is 13.3 Å². The molecule has 1 N–H and O–H groups in total. The quantitative estimate of drug-likeness (QED) is 0.460. The van der Waals surface area contributed by atoms with Crippen LogP contribution in [-0.2, 0) is 4.79 Å². The van der Waals surface area contributed by atoms with Gasteiger partial charge in [-0.25, -0.2) is 4.79 Å². The van der Waals surface area contributed by atoms with Crippen molar-refractivity contribution < 1.29 is 9.90 Å². The predicted molar refractivity (Wildman–Crippen MR) is 36.2 cm³/mol. The lowest BCUT2D eigenvalue weighted by molar-refractivity contribution is -0.131. The number of carboxylic acid groups (broad SMARTS) is 1. The first kappa shape index (κ1) is 7.95. The molecule has 0 heterocycles. The van der Waals surface area contributed by atoms with Gasteiger partial charge in [0.1, 0.15) is 0 Å². The standard InChI is InChI=1S/C7H10O2/c1-6(2)4-3-5-7(8)9/h3,5H,1,4H2,2H3,(H,8,9). The minimum absolute atomic E-state index is 0.645. The van der Waals surface area contributed by atoms with Crippen LogP contribution in [-0.4, -0.2) is 11.1 Å². The summed E-state index contributed by atoms with van der Waals surface area (Å²) in [6.07, 6.45) is 3.34. The van der Waals surface area contributed by atoms with E-state index in [1.54, 1.807) is 6.08 Å². The van der Waals surface area contributed by atoms with Crippen molar-refractivity contribution in [3.05, 3.63) is 24.3 Å². The number of carbonyl (C=O) groups is 1. The summed E-state index contributed by atoms with van der Waals surface area (Å²) in [5.74, 6) is -0.906. The zero-order valence-corrected chi connectivity index (χ0v) is 5.42. The summed E-state index contributed by atoms with van der Waals surface area (Å²) in [5.41, 5.74) is 0.965. The molecule has 0 aromatic heterocycles. The zero-order chi connectivity index (χ0) is 7.28. The second-order valence-corrected chi connectivity index (χ2v) is 1.90. The number of aliphatic carboxylic acids is 1. The average molecular weight is 126 g/mol. The van der Waals surface area contributed by atoms with Crippen LogP contribution < -0.4 is 0 Å². The minimum Gasteiger partial charge on any atom is -0.478 e. The Morgan fingerprint density at radius 3 is 2.67 bits per heavy atom. The number of hydrogen-bond donors (Lipinski definition) is 1. The first-order valence-corrected chi connectivity index (χ1v) is 2.67. The van der Waals surface area contributed by atoms with Crippen molar-refractivity contribution in [1.82, 2.24) is 0 Å². The van der Waals surface area contributed by atoms with E-state index in [0.717, 1.165) is 11.6 Å². The molecule has 0 spiro atoms. The van der Waals surface area contributed by atoms with Crippen molar-refractivity contribution in [3.63, 3.8) is 0 Å². The summed E-state index contributed by atoms with van der Waals surface area (Å²) < 4.78 is 0. The van der Waals surface area contributed by atoms with Crippen molar-refractivity contribution in [1.29, 1.82) is 0 Å². The molecule has 0 aromatic rings. The van der Waals surface area contributed by atoms with Crippen molar-refractivity contribution >= 4 is 5.97 Å². The molecular weight excluding hydrogens is 116 g/mol. The lowest BCUT2D eigenvalue weighted by Crippen LogP contribution is -1.85. The van der Waals surface area contributed by atoms with E-state index in [1.165, 1.54) is 0 Å². The third-order valence-corrected chi connectivity index (χ3v) is 0.727. The van der Waals surface area contributed by atoms with E-state index in [2.05, 4.69) is 6.58 Å². The van der Waals surface area contributed by atoms with Gasteiger partial charge in [0.05, 0.1) is 0 Å². The number of hydrogen-bond acceptors (Lipinski definition) is 1. The smallest absolute Gasteiger partial charge is 0.327 e. The maximum atomic E-state index is 9.86. The molecular formula is C7H10O2. The molecule has 0 aliphatic carbocycles. The van der Waals surface area contributed by atoms with Crippen LogP contribution in [0.25, 0.3) is 0 Å². The molecule has 0 bridgehead atoms. The Morgan fingerprint density at radius 1 is 1.78 bits per heavy atom. The van der Waals surface area contributed by atoms with Crippen LogP contribution in [0.2, 0.25) is 0 Å². The van der Waals surface area contributed by atoms with Gasteiger partial charge in [-0.2, -0.15) is 0 Å². The lowest BCUT2D eigenvalue weighted by atomic mass is 10.2. The number of allylic oxidation sites excluding steroid dienone is 2. The number of rotatable bonds is 3. The second kappa shape index (κ2) is 3.89. The summed E-state index contributed by atoms with van der Waals surface area (Å²) >= 11 is 0. The van der Waals surface area contributed by atoms with Gasteiger partial charge in [0.2, 0.25) is 0 Å². The van der Waals surface area contributed by atoms with Crippen LogP contribution in [0, 0.1) is 0 Å². The van der Waals surface area contributed by atoms with E-state index < -0.39 is 5.97 Å². The predicted octanol–water partition coefficient (Wildman–Crippen LogP) is 1.59. The van der Waals surface area contributed by atoms with Crippen molar-refractivity contribution in [2.75, 3.05) is 0 Å². The Kier molecular flexibility index (Phi) is 3.44. The molecule has 0 aliphatic rings. The SMILES string of the molecule is C=C(C)CC=CC(=O)O. The first-order chi connectivity index (χ1) is 4.13. The highest BCUT2D eigenvalue weighted by Gasteiger charge is 1.83. The molecule has 0 aromatic carbocycles. The van der Waals surface area contributed by atoms with E-state index in [0.29, 0.717) is 6.42 Å². The van der Waals surface area contributed by atoms with Gasteiger partial charge in [-0.3, -0.25) is 0 Å². The van der Waals surface area contributed by atoms with Crippen LogP contribution in [0.1, 0.15) is 13.3 Å². The molecule has 2 nitrogen and oxygen atoms in total. The second-order valence-electron chi connectivity index (χ2n) is 1.90. The lowest BCUT2D eigenvalue weighted by Gasteiger charge is -1.85. The molecule has 9 heavy (non-hydrogen) atoms. The third kappa shape index (κ3) is 6.95. The van der Waals surface area contributed by atoms with Crippen LogP contribution in [0.4, 0.5) is 0 Å². The van der Waals surface area contributed by atoms with E-state index in [-0.39, 0.29) is 0 Å². The summed E-state index contributed by atoms with van der Waals surface area (Å²) in [6, 6.07) is 0. The molecule has 0 radical (unpaired) electrons. The van der Waals surface area contributed by atoms with Gasteiger partial charge in [0.15, 0.2) is 0 Å². The highest BCUT2D eigenvalue weighted by atomic mass is 16.4. The summed E-state index contributed by atoms with van der Waals surface area (Å²) in [6.45, 7) is 5.46. The van der Waals surface area contributed by atoms with Crippen LogP contribution in [0.5, 0.6) is 0 Å². The summed E-state index contributed by atoms with van der Waals surface area (Å²) in [5, 5.41) is 8.11.